The molecule has 3 N–H and O–H groups in total. The highest BCUT2D eigenvalue weighted by Crippen LogP contribution is 2.13. The number of rotatable bonds is 7. The van der Waals surface area contributed by atoms with Crippen LogP contribution in [0.4, 0.5) is 0 Å². The Bertz CT molecular complexity index is 198. The Morgan fingerprint density at radius 3 is 2.79 bits per heavy atom. The van der Waals surface area contributed by atoms with Gasteiger partial charge in [-0.2, -0.15) is 5.26 Å². The molecule has 0 saturated heterocycles. The zero-order chi connectivity index (χ0) is 10.8. The molecule has 0 heterocycles. The molecule has 0 rings (SSSR count). The van der Waals surface area contributed by atoms with E-state index in [1.54, 1.807) is 0 Å². The minimum atomic E-state index is -0.0398. The van der Waals surface area contributed by atoms with Gasteiger partial charge in [-0.15, -0.1) is 0 Å². The Morgan fingerprint density at radius 1 is 1.57 bits per heavy atom. The first kappa shape index (κ1) is 12.9. The molecular formula is C10H19N3O. The van der Waals surface area contributed by atoms with Gasteiger partial charge in [0.05, 0.1) is 6.07 Å². The van der Waals surface area contributed by atoms with Crippen molar-refractivity contribution in [3.05, 3.63) is 0 Å². The molecule has 0 aromatic rings. The van der Waals surface area contributed by atoms with Crippen LogP contribution in [0, 0.1) is 17.2 Å². The fourth-order valence-electron chi connectivity index (χ4n) is 1.35. The summed E-state index contributed by atoms with van der Waals surface area (Å²) in [5.74, 6) is 0.495. The van der Waals surface area contributed by atoms with Gasteiger partial charge in [-0.25, -0.2) is 0 Å². The molecule has 0 aromatic carbocycles. The number of hydrogen-bond acceptors (Lipinski definition) is 3. The van der Waals surface area contributed by atoms with E-state index in [4.69, 9.17) is 11.0 Å². The summed E-state index contributed by atoms with van der Waals surface area (Å²) >= 11 is 0. The predicted octanol–water partition coefficient (Wildman–Crippen LogP) is 0.781. The van der Waals surface area contributed by atoms with Crippen molar-refractivity contribution < 1.29 is 4.79 Å². The SMILES string of the molecule is CCC(CCN)CCC(=O)NCC#N. The lowest BCUT2D eigenvalue weighted by Gasteiger charge is -2.12. The summed E-state index contributed by atoms with van der Waals surface area (Å²) in [6.45, 7) is 2.89. The second-order valence-electron chi connectivity index (χ2n) is 3.33. The first-order valence-electron chi connectivity index (χ1n) is 5.08. The van der Waals surface area contributed by atoms with Crippen molar-refractivity contribution in [2.24, 2.45) is 11.7 Å². The van der Waals surface area contributed by atoms with Gasteiger partial charge in [-0.1, -0.05) is 13.3 Å². The Balaban J connectivity index is 3.58. The lowest BCUT2D eigenvalue weighted by atomic mass is 9.96. The molecular weight excluding hydrogens is 178 g/mol. The lowest BCUT2D eigenvalue weighted by molar-refractivity contribution is -0.121. The van der Waals surface area contributed by atoms with E-state index in [1.807, 2.05) is 6.07 Å². The molecule has 0 fully saturated rings. The highest BCUT2D eigenvalue weighted by atomic mass is 16.1. The Kier molecular flexibility index (Phi) is 7.86. The Morgan fingerprint density at radius 2 is 2.29 bits per heavy atom. The smallest absolute Gasteiger partial charge is 0.220 e. The zero-order valence-corrected chi connectivity index (χ0v) is 8.75. The molecule has 0 spiro atoms. The van der Waals surface area contributed by atoms with Gasteiger partial charge in [-0.05, 0) is 25.3 Å². The lowest BCUT2D eigenvalue weighted by Crippen LogP contribution is -2.24. The number of hydrogen-bond donors (Lipinski definition) is 2. The molecule has 0 aliphatic rings. The van der Waals surface area contributed by atoms with Crippen LogP contribution < -0.4 is 11.1 Å². The van der Waals surface area contributed by atoms with E-state index >= 15 is 0 Å². The zero-order valence-electron chi connectivity index (χ0n) is 8.75. The molecule has 1 atom stereocenters. The van der Waals surface area contributed by atoms with Crippen LogP contribution in [0.3, 0.4) is 0 Å². The molecule has 0 saturated carbocycles. The molecule has 0 bridgehead atoms. The van der Waals surface area contributed by atoms with Crippen LogP contribution >= 0.6 is 0 Å². The average Bonchev–Trinajstić information content (AvgIpc) is 2.21. The Labute approximate surface area is 85.5 Å². The number of nitrogens with one attached hydrogen (secondary N) is 1. The highest BCUT2D eigenvalue weighted by Gasteiger charge is 2.08. The Hall–Kier alpha value is -1.08. The van der Waals surface area contributed by atoms with Crippen molar-refractivity contribution >= 4 is 5.91 Å². The molecule has 4 heteroatoms. The third-order valence-corrected chi connectivity index (χ3v) is 2.30. The maximum Gasteiger partial charge on any atom is 0.220 e. The number of nitriles is 1. The number of amides is 1. The maximum absolute atomic E-state index is 11.1. The number of carbonyl (C=O) groups is 1. The molecule has 4 nitrogen and oxygen atoms in total. The van der Waals surface area contributed by atoms with Crippen LogP contribution in [0.5, 0.6) is 0 Å². The van der Waals surface area contributed by atoms with Gasteiger partial charge in [-0.3, -0.25) is 4.79 Å². The molecule has 80 valence electrons. The molecule has 0 aromatic heterocycles. The number of nitrogens with two attached hydrogens (primary N) is 1. The molecule has 14 heavy (non-hydrogen) atoms. The fourth-order valence-corrected chi connectivity index (χ4v) is 1.35. The quantitative estimate of drug-likeness (QED) is 0.592. The summed E-state index contributed by atoms with van der Waals surface area (Å²) in [4.78, 5) is 11.1. The summed E-state index contributed by atoms with van der Waals surface area (Å²) < 4.78 is 0. The second-order valence-corrected chi connectivity index (χ2v) is 3.33. The fraction of sp³-hybridized carbons (Fsp3) is 0.800. The van der Waals surface area contributed by atoms with Crippen LogP contribution in [0.15, 0.2) is 0 Å². The van der Waals surface area contributed by atoms with Crippen molar-refractivity contribution in [2.75, 3.05) is 13.1 Å². The summed E-state index contributed by atoms with van der Waals surface area (Å²) in [5.41, 5.74) is 5.45. The average molecular weight is 197 g/mol. The van der Waals surface area contributed by atoms with Crippen molar-refractivity contribution in [1.82, 2.24) is 5.32 Å². The first-order valence-corrected chi connectivity index (χ1v) is 5.08. The maximum atomic E-state index is 11.1. The van der Waals surface area contributed by atoms with Crippen molar-refractivity contribution in [3.8, 4) is 6.07 Å². The van der Waals surface area contributed by atoms with E-state index < -0.39 is 0 Å². The summed E-state index contributed by atoms with van der Waals surface area (Å²) in [6, 6.07) is 1.87. The minimum Gasteiger partial charge on any atom is -0.343 e. The van der Waals surface area contributed by atoms with Gasteiger partial charge in [0.25, 0.3) is 0 Å². The van der Waals surface area contributed by atoms with Crippen molar-refractivity contribution in [1.29, 1.82) is 5.26 Å². The minimum absolute atomic E-state index is 0.0398. The second kappa shape index (κ2) is 8.52. The van der Waals surface area contributed by atoms with Crippen LogP contribution in [0.25, 0.3) is 0 Å². The summed E-state index contributed by atoms with van der Waals surface area (Å²) in [5, 5.41) is 10.8. The normalized spacial score (nSPS) is 11.8. The standard InChI is InChI=1S/C10H19N3O/c1-2-9(5-6-11)3-4-10(14)13-8-7-12/h9H,2-6,8,11H2,1H3,(H,13,14). The molecule has 0 radical (unpaired) electrons. The van der Waals surface area contributed by atoms with Crippen LogP contribution in [0.2, 0.25) is 0 Å². The van der Waals surface area contributed by atoms with Gasteiger partial charge in [0.1, 0.15) is 6.54 Å². The summed E-state index contributed by atoms with van der Waals surface area (Å²) in [7, 11) is 0. The number of nitrogens with zero attached hydrogens (tertiary/aromatic N) is 1. The molecule has 1 amide bonds. The predicted molar refractivity (Wildman–Crippen MR) is 55.3 cm³/mol. The molecule has 0 aliphatic carbocycles. The molecule has 0 aliphatic heterocycles. The monoisotopic (exact) mass is 197 g/mol. The van der Waals surface area contributed by atoms with Crippen LogP contribution in [-0.2, 0) is 4.79 Å². The number of carbonyl (C=O) groups excluding carboxylic acids is 1. The van der Waals surface area contributed by atoms with Crippen molar-refractivity contribution in [3.63, 3.8) is 0 Å². The van der Waals surface area contributed by atoms with E-state index in [1.165, 1.54) is 0 Å². The van der Waals surface area contributed by atoms with Gasteiger partial charge < -0.3 is 11.1 Å². The van der Waals surface area contributed by atoms with Gasteiger partial charge >= 0.3 is 0 Å². The highest BCUT2D eigenvalue weighted by molar-refractivity contribution is 5.76. The van der Waals surface area contributed by atoms with Crippen molar-refractivity contribution in [2.45, 2.75) is 32.6 Å². The van der Waals surface area contributed by atoms with Gasteiger partial charge in [0.2, 0.25) is 5.91 Å². The van der Waals surface area contributed by atoms with E-state index in [0.717, 1.165) is 19.3 Å². The van der Waals surface area contributed by atoms with Crippen LogP contribution in [0.1, 0.15) is 32.6 Å². The topological polar surface area (TPSA) is 78.9 Å². The third kappa shape index (κ3) is 6.44. The molecule has 1 unspecified atom stereocenters. The van der Waals surface area contributed by atoms with Gasteiger partial charge in [0.15, 0.2) is 0 Å². The van der Waals surface area contributed by atoms with E-state index in [-0.39, 0.29) is 12.5 Å². The van der Waals surface area contributed by atoms with E-state index in [9.17, 15) is 4.79 Å². The van der Waals surface area contributed by atoms with Gasteiger partial charge in [0, 0.05) is 6.42 Å². The van der Waals surface area contributed by atoms with E-state index in [2.05, 4.69) is 12.2 Å². The van der Waals surface area contributed by atoms with E-state index in [0.29, 0.717) is 18.9 Å². The largest absolute Gasteiger partial charge is 0.343 e. The first-order chi connectivity index (χ1) is 6.74. The third-order valence-electron chi connectivity index (χ3n) is 2.30. The summed E-state index contributed by atoms with van der Waals surface area (Å²) in [6.07, 6.45) is 3.40. The van der Waals surface area contributed by atoms with Crippen LogP contribution in [-0.4, -0.2) is 19.0 Å².